The molecule has 1 aliphatic carbocycles. The van der Waals surface area contributed by atoms with Crippen molar-refractivity contribution in [3.05, 3.63) is 36.0 Å². The van der Waals surface area contributed by atoms with E-state index in [9.17, 15) is 5.21 Å². The van der Waals surface area contributed by atoms with Crippen LogP contribution in [0, 0.1) is 6.92 Å². The summed E-state index contributed by atoms with van der Waals surface area (Å²) in [6.07, 6.45) is 4.77. The number of aromatic nitrogens is 1. The van der Waals surface area contributed by atoms with Gasteiger partial charge in [0.25, 0.3) is 0 Å². The minimum Gasteiger partial charge on any atom is -0.368 e. The summed E-state index contributed by atoms with van der Waals surface area (Å²) in [7, 11) is 0. The second kappa shape index (κ2) is 5.31. The molecular weight excluding hydrogens is 240 g/mol. The van der Waals surface area contributed by atoms with Gasteiger partial charge in [0.05, 0.1) is 17.7 Å². The lowest BCUT2D eigenvalue weighted by Crippen LogP contribution is -2.33. The standard InChI is InChI=1S/C15H22N2O2/c1-11-6-5-7-14(16-11)17(18)12-8-9-13(10-12)19-15(2,3)4/h5-9,12-13,18H,10H2,1-4H3/t12-,13-/m0/s1. The van der Waals surface area contributed by atoms with Crippen molar-refractivity contribution in [2.24, 2.45) is 0 Å². The van der Waals surface area contributed by atoms with E-state index < -0.39 is 0 Å². The van der Waals surface area contributed by atoms with Crippen LogP contribution in [-0.4, -0.2) is 27.9 Å². The summed E-state index contributed by atoms with van der Waals surface area (Å²) in [5, 5.41) is 11.4. The number of nitrogens with zero attached hydrogens (tertiary/aromatic N) is 2. The fourth-order valence-electron chi connectivity index (χ4n) is 2.20. The van der Waals surface area contributed by atoms with Crippen LogP contribution in [-0.2, 0) is 4.74 Å². The summed E-state index contributed by atoms with van der Waals surface area (Å²) in [5.41, 5.74) is 0.715. The normalized spacial score (nSPS) is 22.8. The Morgan fingerprint density at radius 3 is 2.68 bits per heavy atom. The second-order valence-corrected chi connectivity index (χ2v) is 5.94. The number of anilines is 1. The first kappa shape index (κ1) is 14.0. The molecule has 2 atom stereocenters. The maximum Gasteiger partial charge on any atom is 0.153 e. The van der Waals surface area contributed by atoms with Gasteiger partial charge in [0.2, 0.25) is 0 Å². The summed E-state index contributed by atoms with van der Waals surface area (Å²) < 4.78 is 5.89. The van der Waals surface area contributed by atoms with Crippen LogP contribution in [0.3, 0.4) is 0 Å². The molecule has 0 aromatic carbocycles. The minimum atomic E-state index is -0.175. The maximum atomic E-state index is 10.2. The van der Waals surface area contributed by atoms with E-state index in [0.717, 1.165) is 12.1 Å². The first-order valence-corrected chi connectivity index (χ1v) is 6.63. The zero-order valence-electron chi connectivity index (χ0n) is 12.0. The highest BCUT2D eigenvalue weighted by Crippen LogP contribution is 2.25. The van der Waals surface area contributed by atoms with Crippen LogP contribution < -0.4 is 5.06 Å². The molecule has 1 aliphatic rings. The topological polar surface area (TPSA) is 45.6 Å². The molecule has 0 bridgehead atoms. The van der Waals surface area contributed by atoms with Crippen LogP contribution in [0.5, 0.6) is 0 Å². The molecule has 0 radical (unpaired) electrons. The average molecular weight is 262 g/mol. The molecule has 1 aromatic rings. The molecular formula is C15H22N2O2. The number of aryl methyl sites for hydroxylation is 1. The summed E-state index contributed by atoms with van der Waals surface area (Å²) >= 11 is 0. The summed E-state index contributed by atoms with van der Waals surface area (Å²) in [6.45, 7) is 8.01. The van der Waals surface area contributed by atoms with Crippen LogP contribution in [0.25, 0.3) is 0 Å². The number of pyridine rings is 1. The van der Waals surface area contributed by atoms with Crippen molar-refractivity contribution < 1.29 is 9.94 Å². The van der Waals surface area contributed by atoms with Crippen molar-refractivity contribution in [1.82, 2.24) is 4.98 Å². The molecule has 1 heterocycles. The predicted molar refractivity (Wildman–Crippen MR) is 75.4 cm³/mol. The van der Waals surface area contributed by atoms with Gasteiger partial charge in [-0.05, 0) is 39.8 Å². The molecule has 1 N–H and O–H groups in total. The third-order valence-electron chi connectivity index (χ3n) is 2.95. The number of hydrogen-bond donors (Lipinski definition) is 1. The Hall–Kier alpha value is -1.39. The van der Waals surface area contributed by atoms with Crippen LogP contribution in [0.1, 0.15) is 32.9 Å². The number of hydroxylamine groups is 1. The van der Waals surface area contributed by atoms with Gasteiger partial charge in [0, 0.05) is 12.1 Å². The molecule has 0 unspecified atom stereocenters. The summed E-state index contributed by atoms with van der Waals surface area (Å²) in [5.74, 6) is 0.575. The van der Waals surface area contributed by atoms with E-state index in [4.69, 9.17) is 4.74 Å². The zero-order valence-corrected chi connectivity index (χ0v) is 12.0. The Morgan fingerprint density at radius 1 is 1.32 bits per heavy atom. The fraction of sp³-hybridized carbons (Fsp3) is 0.533. The van der Waals surface area contributed by atoms with Crippen molar-refractivity contribution in [2.45, 2.75) is 51.9 Å². The molecule has 104 valence electrons. The van der Waals surface area contributed by atoms with Gasteiger partial charge in [-0.15, -0.1) is 0 Å². The monoisotopic (exact) mass is 262 g/mol. The third-order valence-corrected chi connectivity index (χ3v) is 2.95. The third kappa shape index (κ3) is 3.78. The van der Waals surface area contributed by atoms with Gasteiger partial charge < -0.3 is 4.74 Å². The molecule has 0 spiro atoms. The van der Waals surface area contributed by atoms with Gasteiger partial charge in [-0.1, -0.05) is 18.2 Å². The van der Waals surface area contributed by atoms with Gasteiger partial charge in [-0.3, -0.25) is 5.21 Å². The van der Waals surface area contributed by atoms with Crippen molar-refractivity contribution in [3.63, 3.8) is 0 Å². The van der Waals surface area contributed by atoms with Crippen molar-refractivity contribution in [3.8, 4) is 0 Å². The highest BCUT2D eigenvalue weighted by Gasteiger charge is 2.28. The van der Waals surface area contributed by atoms with Crippen molar-refractivity contribution >= 4 is 5.82 Å². The van der Waals surface area contributed by atoms with Crippen LogP contribution in [0.2, 0.25) is 0 Å². The van der Waals surface area contributed by atoms with Crippen molar-refractivity contribution in [2.75, 3.05) is 5.06 Å². The number of hydrogen-bond acceptors (Lipinski definition) is 4. The first-order chi connectivity index (χ1) is 8.85. The largest absolute Gasteiger partial charge is 0.368 e. The van der Waals surface area contributed by atoms with Crippen molar-refractivity contribution in [1.29, 1.82) is 0 Å². The number of rotatable bonds is 3. The van der Waals surface area contributed by atoms with Crippen LogP contribution >= 0.6 is 0 Å². The minimum absolute atomic E-state index is 0.0458. The Balaban J connectivity index is 2.00. The molecule has 0 saturated heterocycles. The molecule has 4 nitrogen and oxygen atoms in total. The summed E-state index contributed by atoms with van der Waals surface area (Å²) in [4.78, 5) is 4.32. The fourth-order valence-corrected chi connectivity index (χ4v) is 2.20. The van der Waals surface area contributed by atoms with E-state index in [2.05, 4.69) is 4.98 Å². The lowest BCUT2D eigenvalue weighted by Gasteiger charge is -2.26. The van der Waals surface area contributed by atoms with Gasteiger partial charge in [-0.25, -0.2) is 10.0 Å². The molecule has 19 heavy (non-hydrogen) atoms. The van der Waals surface area contributed by atoms with Gasteiger partial charge in [-0.2, -0.15) is 0 Å². The lowest BCUT2D eigenvalue weighted by molar-refractivity contribution is -0.0400. The molecule has 0 saturated carbocycles. The molecule has 4 heteroatoms. The van der Waals surface area contributed by atoms with E-state index in [1.807, 2.05) is 52.0 Å². The second-order valence-electron chi connectivity index (χ2n) is 5.94. The van der Waals surface area contributed by atoms with E-state index in [1.165, 1.54) is 5.06 Å². The summed E-state index contributed by atoms with van der Waals surface area (Å²) in [6, 6.07) is 5.52. The van der Waals surface area contributed by atoms with Gasteiger partial charge in [0.15, 0.2) is 5.82 Å². The Labute approximate surface area is 114 Å². The zero-order chi connectivity index (χ0) is 14.0. The SMILES string of the molecule is Cc1cccc(N(O)[C@H]2C=C[C@H](OC(C)(C)C)C2)n1. The Morgan fingerprint density at radius 2 is 2.05 bits per heavy atom. The smallest absolute Gasteiger partial charge is 0.153 e. The van der Waals surface area contributed by atoms with E-state index >= 15 is 0 Å². The number of ether oxygens (including phenoxy) is 1. The highest BCUT2D eigenvalue weighted by molar-refractivity contribution is 5.39. The quantitative estimate of drug-likeness (QED) is 0.671. The van der Waals surface area contributed by atoms with Gasteiger partial charge >= 0.3 is 0 Å². The Bertz CT molecular complexity index is 465. The molecule has 2 rings (SSSR count). The lowest BCUT2D eigenvalue weighted by atomic mass is 10.1. The van der Waals surface area contributed by atoms with E-state index in [0.29, 0.717) is 5.82 Å². The maximum absolute atomic E-state index is 10.2. The predicted octanol–water partition coefficient (Wildman–Crippen LogP) is 3.10. The highest BCUT2D eigenvalue weighted by atomic mass is 16.5. The molecule has 1 aromatic heterocycles. The molecule has 0 aliphatic heterocycles. The molecule has 0 fully saturated rings. The van der Waals surface area contributed by atoms with Gasteiger partial charge in [0.1, 0.15) is 0 Å². The van der Waals surface area contributed by atoms with E-state index in [1.54, 1.807) is 6.07 Å². The van der Waals surface area contributed by atoms with Crippen LogP contribution in [0.15, 0.2) is 30.4 Å². The molecule has 0 amide bonds. The van der Waals surface area contributed by atoms with E-state index in [-0.39, 0.29) is 17.7 Å². The Kier molecular flexibility index (Phi) is 3.92. The first-order valence-electron chi connectivity index (χ1n) is 6.63. The van der Waals surface area contributed by atoms with Crippen LogP contribution in [0.4, 0.5) is 5.82 Å². The average Bonchev–Trinajstić information content (AvgIpc) is 2.74.